The highest BCUT2D eigenvalue weighted by Gasteiger charge is 2.25. The highest BCUT2D eigenvalue weighted by atomic mass is 16.1. The number of aromatic nitrogens is 1. The summed E-state index contributed by atoms with van der Waals surface area (Å²) < 4.78 is 0. The van der Waals surface area contributed by atoms with E-state index in [9.17, 15) is 9.59 Å². The lowest BCUT2D eigenvalue weighted by Gasteiger charge is -2.27. The fourth-order valence-corrected chi connectivity index (χ4v) is 3.13. The summed E-state index contributed by atoms with van der Waals surface area (Å²) in [6, 6.07) is 12.6. The molecule has 0 saturated carbocycles. The van der Waals surface area contributed by atoms with E-state index < -0.39 is 0 Å². The minimum Gasteiger partial charge on any atom is -0.307 e. The number of ketones is 1. The Morgan fingerprint density at radius 1 is 1.08 bits per heavy atom. The Kier molecular flexibility index (Phi) is 5.24. The lowest BCUT2D eigenvalue weighted by atomic mass is 9.91. The van der Waals surface area contributed by atoms with Crippen LogP contribution in [0.3, 0.4) is 0 Å². The SMILES string of the molecule is Cc1ccccc1C(=O)Nc1cccc(C(=O)C2CCN(C)CC2)n1. The van der Waals surface area contributed by atoms with Crippen LogP contribution in [0.4, 0.5) is 5.82 Å². The number of hydrogen-bond acceptors (Lipinski definition) is 4. The molecule has 1 amide bonds. The van der Waals surface area contributed by atoms with Gasteiger partial charge in [0.05, 0.1) is 0 Å². The van der Waals surface area contributed by atoms with Gasteiger partial charge in [-0.15, -0.1) is 0 Å². The number of amides is 1. The van der Waals surface area contributed by atoms with Crippen molar-refractivity contribution in [3.8, 4) is 0 Å². The van der Waals surface area contributed by atoms with Crippen molar-refractivity contribution in [2.45, 2.75) is 19.8 Å². The van der Waals surface area contributed by atoms with Gasteiger partial charge in [0.1, 0.15) is 11.5 Å². The maximum Gasteiger partial charge on any atom is 0.257 e. The van der Waals surface area contributed by atoms with Crippen LogP contribution in [0.25, 0.3) is 0 Å². The second kappa shape index (κ2) is 7.57. The van der Waals surface area contributed by atoms with Gasteiger partial charge in [0.15, 0.2) is 5.78 Å². The average molecular weight is 337 g/mol. The molecule has 0 radical (unpaired) electrons. The maximum absolute atomic E-state index is 12.7. The fourth-order valence-electron chi connectivity index (χ4n) is 3.13. The molecule has 130 valence electrons. The van der Waals surface area contributed by atoms with Crippen LogP contribution < -0.4 is 5.32 Å². The molecule has 3 rings (SSSR count). The van der Waals surface area contributed by atoms with Crippen LogP contribution in [0.1, 0.15) is 39.3 Å². The van der Waals surface area contributed by atoms with Gasteiger partial charge in [-0.05, 0) is 63.7 Å². The number of pyridine rings is 1. The van der Waals surface area contributed by atoms with Crippen LogP contribution in [0, 0.1) is 12.8 Å². The van der Waals surface area contributed by atoms with Crippen molar-refractivity contribution in [1.82, 2.24) is 9.88 Å². The summed E-state index contributed by atoms with van der Waals surface area (Å²) in [6.07, 6.45) is 1.72. The normalized spacial score (nSPS) is 15.8. The molecule has 1 fully saturated rings. The zero-order chi connectivity index (χ0) is 17.8. The van der Waals surface area contributed by atoms with Gasteiger partial charge in [0, 0.05) is 11.5 Å². The first-order valence-electron chi connectivity index (χ1n) is 8.61. The number of nitrogens with zero attached hydrogens (tertiary/aromatic N) is 2. The van der Waals surface area contributed by atoms with Crippen LogP contribution in [0.15, 0.2) is 42.5 Å². The number of nitrogens with one attached hydrogen (secondary N) is 1. The smallest absolute Gasteiger partial charge is 0.257 e. The molecule has 1 aromatic carbocycles. The number of piperidine rings is 1. The molecule has 5 nitrogen and oxygen atoms in total. The molecule has 2 aromatic rings. The number of rotatable bonds is 4. The highest BCUT2D eigenvalue weighted by Crippen LogP contribution is 2.21. The molecule has 0 aliphatic carbocycles. The zero-order valence-electron chi connectivity index (χ0n) is 14.7. The number of anilines is 1. The predicted molar refractivity (Wildman–Crippen MR) is 97.9 cm³/mol. The number of hydrogen-bond donors (Lipinski definition) is 1. The molecule has 5 heteroatoms. The van der Waals surface area contributed by atoms with E-state index in [2.05, 4.69) is 22.2 Å². The Balaban J connectivity index is 1.72. The van der Waals surface area contributed by atoms with Crippen molar-refractivity contribution in [1.29, 1.82) is 0 Å². The molecular formula is C20H23N3O2. The van der Waals surface area contributed by atoms with Crippen LogP contribution >= 0.6 is 0 Å². The molecule has 1 aromatic heterocycles. The quantitative estimate of drug-likeness (QED) is 0.871. The highest BCUT2D eigenvalue weighted by molar-refractivity contribution is 6.05. The summed E-state index contributed by atoms with van der Waals surface area (Å²) in [5.74, 6) is 0.285. The zero-order valence-corrected chi connectivity index (χ0v) is 14.7. The Bertz CT molecular complexity index is 780. The summed E-state index contributed by atoms with van der Waals surface area (Å²) in [7, 11) is 2.07. The summed E-state index contributed by atoms with van der Waals surface area (Å²) in [5.41, 5.74) is 1.94. The van der Waals surface area contributed by atoms with Gasteiger partial charge >= 0.3 is 0 Å². The van der Waals surface area contributed by atoms with Crippen molar-refractivity contribution in [3.63, 3.8) is 0 Å². The summed E-state index contributed by atoms with van der Waals surface area (Å²) in [5, 5.41) is 2.79. The predicted octanol–water partition coefficient (Wildman–Crippen LogP) is 3.17. The largest absolute Gasteiger partial charge is 0.307 e. The standard InChI is InChI=1S/C20H23N3O2/c1-14-6-3-4-7-16(14)20(25)22-18-9-5-8-17(21-18)19(24)15-10-12-23(2)13-11-15/h3-9,15H,10-13H2,1-2H3,(H,21,22,25). The molecule has 0 unspecified atom stereocenters. The van der Waals surface area contributed by atoms with E-state index in [4.69, 9.17) is 0 Å². The van der Waals surface area contributed by atoms with Gasteiger partial charge < -0.3 is 10.2 Å². The van der Waals surface area contributed by atoms with Gasteiger partial charge in [0.2, 0.25) is 0 Å². The number of carbonyl (C=O) groups is 2. The Hall–Kier alpha value is -2.53. The maximum atomic E-state index is 12.7. The van der Waals surface area contributed by atoms with Gasteiger partial charge in [-0.1, -0.05) is 24.3 Å². The van der Waals surface area contributed by atoms with E-state index in [-0.39, 0.29) is 17.6 Å². The first-order chi connectivity index (χ1) is 12.0. The Morgan fingerprint density at radius 3 is 2.52 bits per heavy atom. The molecule has 0 atom stereocenters. The number of benzene rings is 1. The first-order valence-corrected chi connectivity index (χ1v) is 8.61. The van der Waals surface area contributed by atoms with Gasteiger partial charge in [-0.25, -0.2) is 4.98 Å². The summed E-state index contributed by atoms with van der Waals surface area (Å²) in [4.78, 5) is 31.7. The van der Waals surface area contributed by atoms with E-state index in [1.807, 2.05) is 25.1 Å². The van der Waals surface area contributed by atoms with Crippen LogP contribution in [-0.2, 0) is 0 Å². The molecule has 0 spiro atoms. The van der Waals surface area contributed by atoms with Crippen molar-refractivity contribution >= 4 is 17.5 Å². The van der Waals surface area contributed by atoms with E-state index in [1.54, 1.807) is 24.3 Å². The van der Waals surface area contributed by atoms with Gasteiger partial charge in [0.25, 0.3) is 5.91 Å². The number of likely N-dealkylation sites (tertiary alicyclic amines) is 1. The van der Waals surface area contributed by atoms with Crippen LogP contribution in [-0.4, -0.2) is 41.7 Å². The van der Waals surface area contributed by atoms with E-state index in [0.29, 0.717) is 17.1 Å². The molecule has 1 N–H and O–H groups in total. The van der Waals surface area contributed by atoms with Gasteiger partial charge in [-0.2, -0.15) is 0 Å². The second-order valence-electron chi connectivity index (χ2n) is 6.62. The average Bonchev–Trinajstić information content (AvgIpc) is 2.62. The van der Waals surface area contributed by atoms with Crippen molar-refractivity contribution in [2.24, 2.45) is 5.92 Å². The van der Waals surface area contributed by atoms with Crippen molar-refractivity contribution in [3.05, 3.63) is 59.3 Å². The molecule has 1 aliphatic rings. The Morgan fingerprint density at radius 2 is 1.80 bits per heavy atom. The molecule has 1 aliphatic heterocycles. The number of aryl methyl sites for hydroxylation is 1. The molecule has 2 heterocycles. The first kappa shape index (κ1) is 17.3. The Labute approximate surface area is 148 Å². The number of carbonyl (C=O) groups excluding carboxylic acids is 2. The van der Waals surface area contributed by atoms with E-state index in [0.717, 1.165) is 31.5 Å². The van der Waals surface area contributed by atoms with Crippen molar-refractivity contribution in [2.75, 3.05) is 25.5 Å². The van der Waals surface area contributed by atoms with Crippen LogP contribution in [0.5, 0.6) is 0 Å². The summed E-state index contributed by atoms with van der Waals surface area (Å²) >= 11 is 0. The third kappa shape index (κ3) is 4.12. The van der Waals surface area contributed by atoms with E-state index in [1.165, 1.54) is 0 Å². The topological polar surface area (TPSA) is 62.3 Å². The third-order valence-corrected chi connectivity index (χ3v) is 4.72. The lowest BCUT2D eigenvalue weighted by molar-refractivity contribution is 0.0851. The molecule has 0 bridgehead atoms. The fraction of sp³-hybridized carbons (Fsp3) is 0.350. The monoisotopic (exact) mass is 337 g/mol. The molecule has 1 saturated heterocycles. The third-order valence-electron chi connectivity index (χ3n) is 4.72. The van der Waals surface area contributed by atoms with Crippen LogP contribution in [0.2, 0.25) is 0 Å². The number of Topliss-reactive ketones (excluding diaryl/α,β-unsaturated/α-hetero) is 1. The van der Waals surface area contributed by atoms with E-state index >= 15 is 0 Å². The van der Waals surface area contributed by atoms with Gasteiger partial charge in [-0.3, -0.25) is 9.59 Å². The molecular weight excluding hydrogens is 314 g/mol. The minimum atomic E-state index is -0.213. The lowest BCUT2D eigenvalue weighted by Crippen LogP contribution is -2.33. The minimum absolute atomic E-state index is 0.0195. The second-order valence-corrected chi connectivity index (χ2v) is 6.62. The summed E-state index contributed by atoms with van der Waals surface area (Å²) in [6.45, 7) is 3.75. The molecule has 25 heavy (non-hydrogen) atoms. The van der Waals surface area contributed by atoms with Crippen molar-refractivity contribution < 1.29 is 9.59 Å².